The van der Waals surface area contributed by atoms with Crippen LogP contribution >= 0.6 is 11.6 Å². The number of rotatable bonds is 8. The van der Waals surface area contributed by atoms with Gasteiger partial charge < -0.3 is 19.9 Å². The quantitative estimate of drug-likeness (QED) is 0.629. The highest BCUT2D eigenvalue weighted by Gasteiger charge is 2.30. The van der Waals surface area contributed by atoms with Gasteiger partial charge in [-0.1, -0.05) is 38.4 Å². The van der Waals surface area contributed by atoms with E-state index in [2.05, 4.69) is 37.1 Å². The largest absolute Gasteiger partial charge is 0.383 e. The van der Waals surface area contributed by atoms with E-state index < -0.39 is 0 Å². The topological polar surface area (TPSA) is 57.7 Å². The highest BCUT2D eigenvalue weighted by atomic mass is 35.5. The van der Waals surface area contributed by atoms with Crippen molar-refractivity contribution in [3.05, 3.63) is 40.5 Å². The summed E-state index contributed by atoms with van der Waals surface area (Å²) in [6.07, 6.45) is 0.986. The second-order valence-corrected chi connectivity index (χ2v) is 8.37. The van der Waals surface area contributed by atoms with Crippen LogP contribution in [-0.4, -0.2) is 44.2 Å². The number of nitrogens with zero attached hydrogens (tertiary/aromatic N) is 3. The predicted octanol–water partition coefficient (Wildman–Crippen LogP) is 5.12. The van der Waals surface area contributed by atoms with E-state index in [1.807, 2.05) is 30.0 Å². The summed E-state index contributed by atoms with van der Waals surface area (Å²) < 4.78 is 5.30. The van der Waals surface area contributed by atoms with Gasteiger partial charge >= 0.3 is 0 Å². The Morgan fingerprint density at radius 2 is 2.07 bits per heavy atom. The number of benzene rings is 1. The number of anilines is 4. The monoisotopic (exact) mass is 430 g/mol. The number of aromatic nitrogens is 1. The van der Waals surface area contributed by atoms with Gasteiger partial charge in [-0.3, -0.25) is 4.79 Å². The maximum atomic E-state index is 12.7. The molecule has 0 saturated heterocycles. The average Bonchev–Trinajstić information content (AvgIpc) is 2.70. The van der Waals surface area contributed by atoms with Crippen molar-refractivity contribution in [2.75, 3.05) is 48.5 Å². The number of pyridine rings is 1. The molecule has 1 amide bonds. The first-order valence-corrected chi connectivity index (χ1v) is 10.9. The fourth-order valence-electron chi connectivity index (χ4n) is 3.73. The van der Waals surface area contributed by atoms with Crippen LogP contribution in [0.3, 0.4) is 0 Å². The zero-order valence-corrected chi connectivity index (χ0v) is 19.2. The summed E-state index contributed by atoms with van der Waals surface area (Å²) >= 11 is 6.65. The summed E-state index contributed by atoms with van der Waals surface area (Å²) in [6, 6.07) is 8.05. The van der Waals surface area contributed by atoms with Crippen LogP contribution in [0.15, 0.2) is 24.3 Å². The van der Waals surface area contributed by atoms with Crippen LogP contribution in [-0.2, 0) is 9.53 Å². The molecule has 0 atom stereocenters. The first-order valence-electron chi connectivity index (χ1n) is 10.5. The molecule has 0 unspecified atom stereocenters. The molecule has 1 aliphatic rings. The zero-order valence-electron chi connectivity index (χ0n) is 18.5. The third-order valence-corrected chi connectivity index (χ3v) is 5.56. The second kappa shape index (κ2) is 9.67. The molecule has 1 aliphatic heterocycles. The van der Waals surface area contributed by atoms with E-state index in [1.165, 1.54) is 0 Å². The SMILES string of the molecule is CCCN(CCOC)c1cc(C)nc2c1NC(=O)CN2c1ccc(C(C)C)cc1Cl. The van der Waals surface area contributed by atoms with Gasteiger partial charge in [0.15, 0.2) is 5.82 Å². The summed E-state index contributed by atoms with van der Waals surface area (Å²) in [6.45, 7) is 10.8. The first kappa shape index (κ1) is 22.4. The van der Waals surface area contributed by atoms with Crippen molar-refractivity contribution < 1.29 is 9.53 Å². The molecule has 1 N–H and O–H groups in total. The fraction of sp³-hybridized carbons (Fsp3) is 0.478. The second-order valence-electron chi connectivity index (χ2n) is 7.96. The number of hydrogen-bond acceptors (Lipinski definition) is 5. The Labute approximate surface area is 184 Å². The number of carbonyl (C=O) groups is 1. The van der Waals surface area contributed by atoms with Gasteiger partial charge in [0.2, 0.25) is 5.91 Å². The van der Waals surface area contributed by atoms with Crippen LogP contribution in [0.25, 0.3) is 0 Å². The minimum atomic E-state index is -0.0819. The summed E-state index contributed by atoms with van der Waals surface area (Å²) in [7, 11) is 1.70. The van der Waals surface area contributed by atoms with E-state index in [0.717, 1.165) is 53.6 Å². The average molecular weight is 431 g/mol. The van der Waals surface area contributed by atoms with Crippen LogP contribution in [0.1, 0.15) is 44.4 Å². The van der Waals surface area contributed by atoms with E-state index in [9.17, 15) is 4.79 Å². The maximum Gasteiger partial charge on any atom is 0.244 e. The lowest BCUT2D eigenvalue weighted by Crippen LogP contribution is -2.38. The van der Waals surface area contributed by atoms with Crippen molar-refractivity contribution in [1.82, 2.24) is 4.98 Å². The summed E-state index contributed by atoms with van der Waals surface area (Å²) in [5, 5.41) is 3.67. The molecule has 0 saturated carbocycles. The lowest BCUT2D eigenvalue weighted by Gasteiger charge is -2.35. The van der Waals surface area contributed by atoms with Crippen LogP contribution in [0.5, 0.6) is 0 Å². The van der Waals surface area contributed by atoms with E-state index in [4.69, 9.17) is 21.3 Å². The molecule has 0 fully saturated rings. The zero-order chi connectivity index (χ0) is 21.8. The number of halogens is 1. The lowest BCUT2D eigenvalue weighted by molar-refractivity contribution is -0.115. The third-order valence-electron chi connectivity index (χ3n) is 5.26. The van der Waals surface area contributed by atoms with Crippen molar-refractivity contribution in [3.8, 4) is 0 Å². The van der Waals surface area contributed by atoms with Gasteiger partial charge in [0, 0.05) is 25.9 Å². The predicted molar refractivity (Wildman–Crippen MR) is 125 cm³/mol. The number of hydrogen-bond donors (Lipinski definition) is 1. The molecule has 7 heteroatoms. The van der Waals surface area contributed by atoms with Gasteiger partial charge in [0.25, 0.3) is 0 Å². The van der Waals surface area contributed by atoms with Crippen LogP contribution < -0.4 is 15.1 Å². The summed E-state index contributed by atoms with van der Waals surface area (Å²) in [5.41, 5.74) is 4.53. The van der Waals surface area contributed by atoms with Gasteiger partial charge in [-0.05, 0) is 43.0 Å². The summed E-state index contributed by atoms with van der Waals surface area (Å²) in [5.74, 6) is 1.02. The Hall–Kier alpha value is -2.31. The van der Waals surface area contributed by atoms with Gasteiger partial charge in [0.1, 0.15) is 12.2 Å². The van der Waals surface area contributed by atoms with Crippen molar-refractivity contribution in [3.63, 3.8) is 0 Å². The van der Waals surface area contributed by atoms with Gasteiger partial charge in [0.05, 0.1) is 23.0 Å². The highest BCUT2D eigenvalue weighted by Crippen LogP contribution is 2.42. The Kier molecular flexibility index (Phi) is 7.21. The van der Waals surface area contributed by atoms with E-state index in [0.29, 0.717) is 17.5 Å². The number of carbonyl (C=O) groups excluding carboxylic acids is 1. The number of fused-ring (bicyclic) bond motifs is 1. The minimum absolute atomic E-state index is 0.0819. The molecule has 3 rings (SSSR count). The molecule has 1 aromatic carbocycles. The molecule has 30 heavy (non-hydrogen) atoms. The highest BCUT2D eigenvalue weighted by molar-refractivity contribution is 6.33. The fourth-order valence-corrected chi connectivity index (χ4v) is 4.02. The number of methoxy groups -OCH3 is 1. The first-order chi connectivity index (χ1) is 14.3. The van der Waals surface area contributed by atoms with E-state index in [-0.39, 0.29) is 12.5 Å². The molecule has 0 spiro atoms. The molecule has 6 nitrogen and oxygen atoms in total. The van der Waals surface area contributed by atoms with Crippen LogP contribution in [0.2, 0.25) is 5.02 Å². The number of nitrogens with one attached hydrogen (secondary N) is 1. The Balaban J connectivity index is 2.10. The molecular formula is C23H31ClN4O2. The van der Waals surface area contributed by atoms with E-state index in [1.54, 1.807) is 7.11 Å². The maximum absolute atomic E-state index is 12.7. The summed E-state index contributed by atoms with van der Waals surface area (Å²) in [4.78, 5) is 21.6. The smallest absolute Gasteiger partial charge is 0.244 e. The minimum Gasteiger partial charge on any atom is -0.383 e. The molecule has 0 aliphatic carbocycles. The lowest BCUT2D eigenvalue weighted by atomic mass is 10.0. The van der Waals surface area contributed by atoms with E-state index >= 15 is 0 Å². The van der Waals surface area contributed by atoms with Crippen molar-refractivity contribution in [1.29, 1.82) is 0 Å². The van der Waals surface area contributed by atoms with Crippen molar-refractivity contribution in [2.24, 2.45) is 0 Å². The van der Waals surface area contributed by atoms with Gasteiger partial charge in [-0.25, -0.2) is 4.98 Å². The molecule has 162 valence electrons. The normalized spacial score (nSPS) is 13.4. The van der Waals surface area contributed by atoms with Crippen molar-refractivity contribution in [2.45, 2.75) is 40.0 Å². The number of aryl methyl sites for hydroxylation is 1. The Morgan fingerprint density at radius 1 is 1.30 bits per heavy atom. The molecule has 0 radical (unpaired) electrons. The Bertz CT molecular complexity index is 916. The molecule has 0 bridgehead atoms. The standard InChI is InChI=1S/C23H31ClN4O2/c1-6-9-27(10-11-30-5)20-12-16(4)25-23-22(20)26-21(29)14-28(23)19-8-7-17(15(2)3)13-18(19)24/h7-8,12-13,15H,6,9-11,14H2,1-5H3,(H,26,29). The molecular weight excluding hydrogens is 400 g/mol. The third kappa shape index (κ3) is 4.71. The van der Waals surface area contributed by atoms with Crippen LogP contribution in [0, 0.1) is 6.92 Å². The molecule has 2 aromatic rings. The van der Waals surface area contributed by atoms with Crippen molar-refractivity contribution >= 4 is 40.4 Å². The Morgan fingerprint density at radius 3 is 2.70 bits per heavy atom. The molecule has 2 heterocycles. The van der Waals surface area contributed by atoms with Gasteiger partial charge in [-0.2, -0.15) is 0 Å². The van der Waals surface area contributed by atoms with Gasteiger partial charge in [-0.15, -0.1) is 0 Å². The number of amides is 1. The molecule has 1 aromatic heterocycles. The van der Waals surface area contributed by atoms with Crippen LogP contribution in [0.4, 0.5) is 22.9 Å². The number of ether oxygens (including phenoxy) is 1.